The zero-order valence-corrected chi connectivity index (χ0v) is 16.5. The highest BCUT2D eigenvalue weighted by atomic mass is 16.5. The number of anilines is 1. The summed E-state index contributed by atoms with van der Waals surface area (Å²) < 4.78 is 9.90. The summed E-state index contributed by atoms with van der Waals surface area (Å²) in [6.07, 6.45) is 0.467. The zero-order chi connectivity index (χ0) is 20.3. The van der Waals surface area contributed by atoms with Crippen molar-refractivity contribution in [2.45, 2.75) is 32.2 Å². The van der Waals surface area contributed by atoms with Crippen LogP contribution in [0.15, 0.2) is 47.5 Å². The van der Waals surface area contributed by atoms with Crippen molar-refractivity contribution >= 4 is 23.3 Å². The highest BCUT2D eigenvalue weighted by Crippen LogP contribution is 2.31. The lowest BCUT2D eigenvalue weighted by Gasteiger charge is -2.29. The molecule has 0 aromatic heterocycles. The first-order chi connectivity index (χ1) is 13.3. The number of methoxy groups -OCH3 is 2. The van der Waals surface area contributed by atoms with E-state index in [0.717, 1.165) is 23.4 Å². The second kappa shape index (κ2) is 7.84. The van der Waals surface area contributed by atoms with E-state index in [1.165, 1.54) is 12.7 Å². The molecular formula is C22H24N2O4. The summed E-state index contributed by atoms with van der Waals surface area (Å²) in [5.74, 6) is 0.715. The van der Waals surface area contributed by atoms with Crippen molar-refractivity contribution in [3.63, 3.8) is 0 Å². The van der Waals surface area contributed by atoms with Crippen LogP contribution in [0.25, 0.3) is 0 Å². The zero-order valence-electron chi connectivity index (χ0n) is 16.5. The van der Waals surface area contributed by atoms with Crippen LogP contribution < -0.4 is 10.1 Å². The predicted octanol–water partition coefficient (Wildman–Crippen LogP) is 4.27. The summed E-state index contributed by atoms with van der Waals surface area (Å²) in [6.45, 7) is 4.13. The predicted molar refractivity (Wildman–Crippen MR) is 109 cm³/mol. The Morgan fingerprint density at radius 3 is 2.46 bits per heavy atom. The van der Waals surface area contributed by atoms with Crippen molar-refractivity contribution in [2.75, 3.05) is 19.5 Å². The van der Waals surface area contributed by atoms with Crippen LogP contribution in [-0.4, -0.2) is 37.3 Å². The molecule has 2 aromatic carbocycles. The third kappa shape index (κ3) is 4.39. The Hall–Kier alpha value is -3.15. The first kappa shape index (κ1) is 19.6. The van der Waals surface area contributed by atoms with E-state index >= 15 is 0 Å². The van der Waals surface area contributed by atoms with E-state index in [9.17, 15) is 9.59 Å². The Kier molecular flexibility index (Phi) is 5.49. The smallest absolute Gasteiger partial charge is 0.411 e. The molecular weight excluding hydrogens is 356 g/mol. The Labute approximate surface area is 164 Å². The summed E-state index contributed by atoms with van der Waals surface area (Å²) in [5.41, 5.74) is 3.77. The minimum atomic E-state index is -0.552. The molecule has 1 N–H and O–H groups in total. The largest absolute Gasteiger partial charge is 0.497 e. The molecule has 0 unspecified atom stereocenters. The Morgan fingerprint density at radius 1 is 1.11 bits per heavy atom. The summed E-state index contributed by atoms with van der Waals surface area (Å²) in [6, 6.07) is 12.7. The third-order valence-corrected chi connectivity index (χ3v) is 4.66. The van der Waals surface area contributed by atoms with Gasteiger partial charge in [0.05, 0.1) is 31.9 Å². The highest BCUT2D eigenvalue weighted by molar-refractivity contribution is 6.17. The lowest BCUT2D eigenvalue weighted by molar-refractivity contribution is 0.100. The molecule has 0 radical (unpaired) electrons. The minimum Gasteiger partial charge on any atom is -0.497 e. The van der Waals surface area contributed by atoms with Crippen LogP contribution in [0.5, 0.6) is 5.75 Å². The van der Waals surface area contributed by atoms with Gasteiger partial charge in [0, 0.05) is 16.8 Å². The highest BCUT2D eigenvalue weighted by Gasteiger charge is 2.28. The number of hydrogen-bond acceptors (Lipinski definition) is 5. The number of ether oxygens (including phenoxy) is 2. The number of nitrogens with one attached hydrogen (secondary N) is 1. The second-order valence-corrected chi connectivity index (χ2v) is 7.36. The Bertz CT molecular complexity index is 930. The molecule has 0 atom stereocenters. The molecule has 3 rings (SSSR count). The number of Topliss-reactive ketones (excluding diaryl/α,β-unsaturated/α-hetero) is 1. The van der Waals surface area contributed by atoms with Crippen molar-refractivity contribution in [1.82, 2.24) is 0 Å². The molecule has 1 aliphatic rings. The first-order valence-electron chi connectivity index (χ1n) is 9.05. The molecule has 0 saturated carbocycles. The van der Waals surface area contributed by atoms with Gasteiger partial charge in [-0.1, -0.05) is 6.07 Å². The number of carbonyl (C=O) groups excluding carboxylic acids is 2. The topological polar surface area (TPSA) is 77.0 Å². The Balaban J connectivity index is 1.83. The van der Waals surface area contributed by atoms with E-state index < -0.39 is 6.09 Å². The molecule has 146 valence electrons. The molecule has 1 aliphatic heterocycles. The lowest BCUT2D eigenvalue weighted by Crippen LogP contribution is -2.30. The van der Waals surface area contributed by atoms with Crippen molar-refractivity contribution < 1.29 is 19.1 Å². The molecule has 1 heterocycles. The van der Waals surface area contributed by atoms with Gasteiger partial charge in [0.15, 0.2) is 5.78 Å². The van der Waals surface area contributed by atoms with Gasteiger partial charge in [0.2, 0.25) is 0 Å². The van der Waals surface area contributed by atoms with Crippen LogP contribution in [0.4, 0.5) is 10.5 Å². The van der Waals surface area contributed by atoms with Gasteiger partial charge in [0.1, 0.15) is 5.75 Å². The summed E-state index contributed by atoms with van der Waals surface area (Å²) >= 11 is 0. The molecule has 6 nitrogen and oxygen atoms in total. The van der Waals surface area contributed by atoms with Gasteiger partial charge in [-0.15, -0.1) is 0 Å². The van der Waals surface area contributed by atoms with Crippen LogP contribution in [0.3, 0.4) is 0 Å². The molecule has 0 saturated heterocycles. The number of rotatable bonds is 5. The van der Waals surface area contributed by atoms with Gasteiger partial charge in [0.25, 0.3) is 0 Å². The lowest BCUT2D eigenvalue weighted by atomic mass is 9.85. The number of carbonyl (C=O) groups is 2. The van der Waals surface area contributed by atoms with E-state index in [2.05, 4.69) is 23.9 Å². The van der Waals surface area contributed by atoms with Gasteiger partial charge >= 0.3 is 6.09 Å². The van der Waals surface area contributed by atoms with Crippen LogP contribution in [0, 0.1) is 0 Å². The number of ketones is 1. The minimum absolute atomic E-state index is 0.0326. The van der Waals surface area contributed by atoms with Crippen LogP contribution in [-0.2, 0) is 11.2 Å². The number of nitrogens with zero attached hydrogens (tertiary/aromatic N) is 1. The normalized spacial score (nSPS) is 14.5. The van der Waals surface area contributed by atoms with Gasteiger partial charge in [-0.25, -0.2) is 4.79 Å². The van der Waals surface area contributed by atoms with E-state index in [1.807, 2.05) is 18.2 Å². The molecule has 0 spiro atoms. The van der Waals surface area contributed by atoms with Gasteiger partial charge in [-0.2, -0.15) is 0 Å². The number of amides is 1. The van der Waals surface area contributed by atoms with E-state index in [-0.39, 0.29) is 17.7 Å². The quantitative estimate of drug-likeness (QED) is 0.786. The maximum absolute atomic E-state index is 12.9. The second-order valence-electron chi connectivity index (χ2n) is 7.36. The average molecular weight is 380 g/mol. The molecule has 1 amide bonds. The van der Waals surface area contributed by atoms with E-state index in [1.54, 1.807) is 31.4 Å². The van der Waals surface area contributed by atoms with Gasteiger partial charge < -0.3 is 9.47 Å². The maximum atomic E-state index is 12.9. The fraction of sp³-hybridized carbons (Fsp3) is 0.318. The molecule has 2 aromatic rings. The molecule has 6 heteroatoms. The number of fused-ring (bicyclic) bond motifs is 1. The van der Waals surface area contributed by atoms with E-state index in [4.69, 9.17) is 9.73 Å². The van der Waals surface area contributed by atoms with Gasteiger partial charge in [-0.05, 0) is 62.2 Å². The Morgan fingerprint density at radius 2 is 1.82 bits per heavy atom. The number of aliphatic imine (C=N–C) groups is 1. The summed E-state index contributed by atoms with van der Waals surface area (Å²) in [7, 11) is 2.92. The monoisotopic (exact) mass is 380 g/mol. The maximum Gasteiger partial charge on any atom is 0.411 e. The van der Waals surface area contributed by atoms with E-state index in [0.29, 0.717) is 11.3 Å². The average Bonchev–Trinajstić information content (AvgIpc) is 2.67. The van der Waals surface area contributed by atoms with Crippen LogP contribution in [0.2, 0.25) is 0 Å². The molecule has 0 aliphatic carbocycles. The van der Waals surface area contributed by atoms with Crippen molar-refractivity contribution in [2.24, 2.45) is 4.99 Å². The fourth-order valence-electron chi connectivity index (χ4n) is 3.33. The standard InChI is InChI=1S/C22H24N2O4/c1-22(2)13-15-7-10-17(27-3)11-18(15)19(24-22)12-20(25)14-5-8-16(9-6-14)23-21(26)28-4/h5-11H,12-13H2,1-4H3,(H,23,26). The summed E-state index contributed by atoms with van der Waals surface area (Å²) in [4.78, 5) is 29.0. The SMILES string of the molecule is COC(=O)Nc1ccc(C(=O)CC2=NC(C)(C)Cc3ccc(OC)cc32)cc1. The number of hydrogen-bond donors (Lipinski definition) is 1. The van der Waals surface area contributed by atoms with Crippen molar-refractivity contribution in [3.05, 3.63) is 59.2 Å². The van der Waals surface area contributed by atoms with Gasteiger partial charge in [-0.3, -0.25) is 15.1 Å². The van der Waals surface area contributed by atoms with Crippen molar-refractivity contribution in [1.29, 1.82) is 0 Å². The fourth-order valence-corrected chi connectivity index (χ4v) is 3.33. The molecule has 28 heavy (non-hydrogen) atoms. The third-order valence-electron chi connectivity index (χ3n) is 4.66. The first-order valence-corrected chi connectivity index (χ1v) is 9.05. The molecule has 0 fully saturated rings. The van der Waals surface area contributed by atoms with Crippen LogP contribution in [0.1, 0.15) is 41.8 Å². The summed E-state index contributed by atoms with van der Waals surface area (Å²) in [5, 5.41) is 2.57. The molecule has 0 bridgehead atoms. The number of benzene rings is 2. The van der Waals surface area contributed by atoms with Crippen LogP contribution >= 0.6 is 0 Å². The van der Waals surface area contributed by atoms with Crippen molar-refractivity contribution in [3.8, 4) is 5.75 Å².